The summed E-state index contributed by atoms with van der Waals surface area (Å²) in [5, 5.41) is 0. The molecule has 0 saturated carbocycles. The lowest BCUT2D eigenvalue weighted by Crippen LogP contribution is -2.17. The van der Waals surface area contributed by atoms with E-state index in [0.717, 1.165) is 6.20 Å². The highest BCUT2D eigenvalue weighted by Gasteiger charge is 2.31. The second kappa shape index (κ2) is 3.30. The zero-order chi connectivity index (χ0) is 9.19. The second-order valence-corrected chi connectivity index (χ2v) is 2.71. The van der Waals surface area contributed by atoms with Crippen molar-refractivity contribution in [2.45, 2.75) is 6.36 Å². The molecule has 0 spiro atoms. The summed E-state index contributed by atoms with van der Waals surface area (Å²) in [5.74, 6) is -0.343. The first kappa shape index (κ1) is 9.31. The maximum atomic E-state index is 11.7. The summed E-state index contributed by atoms with van der Waals surface area (Å²) in [6, 6.07) is 1.36. The van der Waals surface area contributed by atoms with Crippen LogP contribution in [0.4, 0.5) is 13.2 Å². The summed E-state index contributed by atoms with van der Waals surface area (Å²) in [6.07, 6.45) is -2.34. The van der Waals surface area contributed by atoms with Gasteiger partial charge in [0.05, 0.1) is 10.7 Å². The summed E-state index contributed by atoms with van der Waals surface area (Å²) in [4.78, 5) is 3.47. The van der Waals surface area contributed by atoms with Gasteiger partial charge in [0.15, 0.2) is 5.75 Å². The maximum Gasteiger partial charge on any atom is 0.573 e. The number of hydrogen-bond donors (Lipinski definition) is 0. The van der Waals surface area contributed by atoms with E-state index in [1.807, 2.05) is 0 Å². The standard InChI is InChI=1S/C6H3BrF3NO/c7-4-1-2-11-3-5(4)12-6(8,9)10/h1-3H. The molecule has 1 rings (SSSR count). The van der Waals surface area contributed by atoms with Crippen LogP contribution in [-0.4, -0.2) is 11.3 Å². The van der Waals surface area contributed by atoms with E-state index < -0.39 is 6.36 Å². The Hall–Kier alpha value is -0.780. The third-order valence-corrected chi connectivity index (χ3v) is 1.61. The Morgan fingerprint density at radius 3 is 2.58 bits per heavy atom. The molecule has 0 fully saturated rings. The third-order valence-electron chi connectivity index (χ3n) is 0.960. The molecule has 1 aromatic heterocycles. The van der Waals surface area contributed by atoms with Crippen LogP contribution in [0.1, 0.15) is 0 Å². The predicted octanol–water partition coefficient (Wildman–Crippen LogP) is 2.74. The molecule has 66 valence electrons. The summed E-state index contributed by atoms with van der Waals surface area (Å²) < 4.78 is 38.8. The van der Waals surface area contributed by atoms with Gasteiger partial charge in [-0.15, -0.1) is 13.2 Å². The molecule has 0 bridgehead atoms. The van der Waals surface area contributed by atoms with Crippen molar-refractivity contribution in [2.24, 2.45) is 0 Å². The van der Waals surface area contributed by atoms with Crippen molar-refractivity contribution in [1.29, 1.82) is 0 Å². The number of halogens is 4. The fourth-order valence-corrected chi connectivity index (χ4v) is 0.864. The van der Waals surface area contributed by atoms with Gasteiger partial charge in [-0.2, -0.15) is 0 Å². The molecule has 0 aliphatic heterocycles. The number of alkyl halides is 3. The van der Waals surface area contributed by atoms with Crippen LogP contribution in [0, 0.1) is 0 Å². The van der Waals surface area contributed by atoms with Crippen LogP contribution in [0.2, 0.25) is 0 Å². The van der Waals surface area contributed by atoms with Crippen molar-refractivity contribution < 1.29 is 17.9 Å². The van der Waals surface area contributed by atoms with Gasteiger partial charge in [0.25, 0.3) is 0 Å². The number of rotatable bonds is 1. The first-order valence-electron chi connectivity index (χ1n) is 2.84. The van der Waals surface area contributed by atoms with Crippen molar-refractivity contribution in [3.63, 3.8) is 0 Å². The van der Waals surface area contributed by atoms with Crippen LogP contribution in [0.15, 0.2) is 22.9 Å². The van der Waals surface area contributed by atoms with E-state index in [4.69, 9.17) is 0 Å². The number of nitrogens with zero attached hydrogens (tertiary/aromatic N) is 1. The Morgan fingerprint density at radius 2 is 2.08 bits per heavy atom. The van der Waals surface area contributed by atoms with Gasteiger partial charge in [-0.25, -0.2) is 0 Å². The number of ether oxygens (including phenoxy) is 1. The van der Waals surface area contributed by atoms with E-state index in [1.54, 1.807) is 0 Å². The molecule has 6 heteroatoms. The Labute approximate surface area is 74.5 Å². The first-order valence-corrected chi connectivity index (χ1v) is 3.63. The van der Waals surface area contributed by atoms with Gasteiger partial charge in [0.1, 0.15) is 0 Å². The molecule has 1 aromatic rings. The van der Waals surface area contributed by atoms with Gasteiger partial charge in [-0.1, -0.05) is 0 Å². The number of aromatic nitrogens is 1. The molecule has 0 aliphatic carbocycles. The van der Waals surface area contributed by atoms with Crippen molar-refractivity contribution in [3.8, 4) is 5.75 Å². The van der Waals surface area contributed by atoms with Gasteiger partial charge in [0.2, 0.25) is 0 Å². The molecule has 0 aliphatic rings. The van der Waals surface area contributed by atoms with Crippen LogP contribution in [0.5, 0.6) is 5.75 Å². The minimum absolute atomic E-state index is 0.217. The predicted molar refractivity (Wildman–Crippen MR) is 38.6 cm³/mol. The van der Waals surface area contributed by atoms with E-state index >= 15 is 0 Å². The maximum absolute atomic E-state index is 11.7. The SMILES string of the molecule is FC(F)(F)Oc1cnccc1Br. The molecular formula is C6H3BrF3NO. The van der Waals surface area contributed by atoms with E-state index in [0.29, 0.717) is 0 Å². The average molecular weight is 242 g/mol. The van der Waals surface area contributed by atoms with Crippen LogP contribution < -0.4 is 4.74 Å². The minimum atomic E-state index is -4.68. The molecule has 0 N–H and O–H groups in total. The third kappa shape index (κ3) is 2.69. The highest BCUT2D eigenvalue weighted by atomic mass is 79.9. The highest BCUT2D eigenvalue weighted by molar-refractivity contribution is 9.10. The van der Waals surface area contributed by atoms with Crippen molar-refractivity contribution in [1.82, 2.24) is 4.98 Å². The fraction of sp³-hybridized carbons (Fsp3) is 0.167. The van der Waals surface area contributed by atoms with Gasteiger partial charge < -0.3 is 4.74 Å². The van der Waals surface area contributed by atoms with Crippen LogP contribution >= 0.6 is 15.9 Å². The van der Waals surface area contributed by atoms with Crippen molar-refractivity contribution >= 4 is 15.9 Å². The quantitative estimate of drug-likeness (QED) is 0.755. The van der Waals surface area contributed by atoms with Gasteiger partial charge in [-0.05, 0) is 22.0 Å². The van der Waals surface area contributed by atoms with E-state index in [-0.39, 0.29) is 10.2 Å². The van der Waals surface area contributed by atoms with Gasteiger partial charge >= 0.3 is 6.36 Å². The zero-order valence-electron chi connectivity index (χ0n) is 5.60. The Bertz CT molecular complexity index is 276. The largest absolute Gasteiger partial charge is 0.573 e. The highest BCUT2D eigenvalue weighted by Crippen LogP contribution is 2.28. The molecule has 0 amide bonds. The lowest BCUT2D eigenvalue weighted by Gasteiger charge is -2.08. The lowest BCUT2D eigenvalue weighted by atomic mass is 10.5. The second-order valence-electron chi connectivity index (χ2n) is 1.85. The van der Waals surface area contributed by atoms with Gasteiger partial charge in [-0.3, -0.25) is 4.98 Å². The summed E-state index contributed by atoms with van der Waals surface area (Å²) in [6.45, 7) is 0. The van der Waals surface area contributed by atoms with E-state index in [9.17, 15) is 13.2 Å². The smallest absolute Gasteiger partial charge is 0.403 e. The Morgan fingerprint density at radius 1 is 1.42 bits per heavy atom. The fourth-order valence-electron chi connectivity index (χ4n) is 0.563. The van der Waals surface area contributed by atoms with Gasteiger partial charge in [0, 0.05) is 6.20 Å². The summed E-state index contributed by atoms with van der Waals surface area (Å²) in [5.41, 5.74) is 0. The van der Waals surface area contributed by atoms with E-state index in [1.165, 1.54) is 12.3 Å². The molecule has 12 heavy (non-hydrogen) atoms. The number of pyridine rings is 1. The van der Waals surface area contributed by atoms with Crippen LogP contribution in [-0.2, 0) is 0 Å². The summed E-state index contributed by atoms with van der Waals surface area (Å²) >= 11 is 2.88. The van der Waals surface area contributed by atoms with Crippen molar-refractivity contribution in [3.05, 3.63) is 22.9 Å². The summed E-state index contributed by atoms with van der Waals surface area (Å²) in [7, 11) is 0. The molecule has 0 aromatic carbocycles. The average Bonchev–Trinajstić information content (AvgIpc) is 1.91. The molecule has 0 radical (unpaired) electrons. The molecule has 0 saturated heterocycles. The topological polar surface area (TPSA) is 22.1 Å². The molecule has 2 nitrogen and oxygen atoms in total. The molecule has 0 unspecified atom stereocenters. The van der Waals surface area contributed by atoms with Crippen LogP contribution in [0.3, 0.4) is 0 Å². The van der Waals surface area contributed by atoms with Crippen LogP contribution in [0.25, 0.3) is 0 Å². The molecular weight excluding hydrogens is 239 g/mol. The monoisotopic (exact) mass is 241 g/mol. The Kier molecular flexibility index (Phi) is 2.56. The normalized spacial score (nSPS) is 11.3. The van der Waals surface area contributed by atoms with Crippen molar-refractivity contribution in [2.75, 3.05) is 0 Å². The lowest BCUT2D eigenvalue weighted by molar-refractivity contribution is -0.275. The zero-order valence-corrected chi connectivity index (χ0v) is 7.19. The molecule has 1 heterocycles. The number of hydrogen-bond acceptors (Lipinski definition) is 2. The van der Waals surface area contributed by atoms with E-state index in [2.05, 4.69) is 25.7 Å². The first-order chi connectivity index (χ1) is 5.49. The minimum Gasteiger partial charge on any atom is -0.403 e. The Balaban J connectivity index is 2.83. The molecule has 0 atom stereocenters.